The summed E-state index contributed by atoms with van der Waals surface area (Å²) in [6, 6.07) is 0. The zero-order chi connectivity index (χ0) is 11.4. The van der Waals surface area contributed by atoms with E-state index < -0.39 is 0 Å². The molecule has 2 rings (SSSR count). The van der Waals surface area contributed by atoms with Gasteiger partial charge in [-0.15, -0.1) is 0 Å². The Hall–Kier alpha value is -0.120. The number of rotatable bonds is 6. The van der Waals surface area contributed by atoms with Crippen molar-refractivity contribution >= 4 is 0 Å². The Morgan fingerprint density at radius 2 is 2.00 bits per heavy atom. The summed E-state index contributed by atoms with van der Waals surface area (Å²) in [5.41, 5.74) is 6.32. The molecule has 0 amide bonds. The first-order valence-electron chi connectivity index (χ1n) is 6.83. The van der Waals surface area contributed by atoms with Crippen LogP contribution in [0.1, 0.15) is 39.0 Å². The van der Waals surface area contributed by atoms with E-state index in [9.17, 15) is 0 Å². The molecule has 2 aliphatic rings. The SMILES string of the molecule is CCCN(CC1CC1)C1(CN)CCOCC1. The van der Waals surface area contributed by atoms with Crippen molar-refractivity contribution in [3.8, 4) is 0 Å². The minimum atomic E-state index is 0.247. The van der Waals surface area contributed by atoms with Crippen molar-refractivity contribution in [2.75, 3.05) is 32.8 Å². The molecule has 1 aliphatic carbocycles. The highest BCUT2D eigenvalue weighted by Crippen LogP contribution is 2.35. The van der Waals surface area contributed by atoms with E-state index in [1.54, 1.807) is 0 Å². The number of nitrogens with zero attached hydrogens (tertiary/aromatic N) is 1. The van der Waals surface area contributed by atoms with Crippen LogP contribution in [0.15, 0.2) is 0 Å². The van der Waals surface area contributed by atoms with Crippen molar-refractivity contribution in [2.45, 2.75) is 44.6 Å². The summed E-state index contributed by atoms with van der Waals surface area (Å²) >= 11 is 0. The lowest BCUT2D eigenvalue weighted by molar-refractivity contribution is -0.0263. The fourth-order valence-electron chi connectivity index (χ4n) is 2.80. The molecule has 1 saturated carbocycles. The zero-order valence-corrected chi connectivity index (χ0v) is 10.6. The molecule has 0 aromatic rings. The van der Waals surface area contributed by atoms with Crippen LogP contribution in [0.4, 0.5) is 0 Å². The Morgan fingerprint density at radius 1 is 1.31 bits per heavy atom. The monoisotopic (exact) mass is 226 g/mol. The van der Waals surface area contributed by atoms with E-state index in [2.05, 4.69) is 11.8 Å². The normalized spacial score (nSPS) is 24.9. The molecule has 0 bridgehead atoms. The first kappa shape index (κ1) is 12.3. The minimum Gasteiger partial charge on any atom is -0.381 e. The Balaban J connectivity index is 2.00. The lowest BCUT2D eigenvalue weighted by Gasteiger charge is -2.46. The van der Waals surface area contributed by atoms with Crippen LogP contribution in [0.25, 0.3) is 0 Å². The topological polar surface area (TPSA) is 38.5 Å². The van der Waals surface area contributed by atoms with Crippen molar-refractivity contribution in [3.63, 3.8) is 0 Å². The Labute approximate surface area is 99.3 Å². The average molecular weight is 226 g/mol. The molecule has 0 unspecified atom stereocenters. The van der Waals surface area contributed by atoms with Gasteiger partial charge in [-0.1, -0.05) is 6.92 Å². The fourth-order valence-corrected chi connectivity index (χ4v) is 2.80. The number of nitrogens with two attached hydrogens (primary N) is 1. The van der Waals surface area contributed by atoms with Crippen LogP contribution in [0.3, 0.4) is 0 Å². The third-order valence-electron chi connectivity index (χ3n) is 4.14. The van der Waals surface area contributed by atoms with E-state index in [1.165, 1.54) is 32.4 Å². The van der Waals surface area contributed by atoms with Gasteiger partial charge >= 0.3 is 0 Å². The van der Waals surface area contributed by atoms with E-state index in [1.807, 2.05) is 0 Å². The summed E-state index contributed by atoms with van der Waals surface area (Å²) in [7, 11) is 0. The van der Waals surface area contributed by atoms with Crippen molar-refractivity contribution < 1.29 is 4.74 Å². The molecule has 3 nitrogen and oxygen atoms in total. The number of ether oxygens (including phenoxy) is 1. The maximum atomic E-state index is 6.07. The molecule has 0 aromatic heterocycles. The van der Waals surface area contributed by atoms with Crippen LogP contribution in [-0.2, 0) is 4.74 Å². The van der Waals surface area contributed by atoms with E-state index in [0.717, 1.165) is 38.5 Å². The lowest BCUT2D eigenvalue weighted by atomic mass is 9.87. The molecule has 94 valence electrons. The third kappa shape index (κ3) is 2.76. The average Bonchev–Trinajstić information content (AvgIpc) is 3.13. The number of hydrogen-bond donors (Lipinski definition) is 1. The van der Waals surface area contributed by atoms with Gasteiger partial charge in [0.2, 0.25) is 0 Å². The van der Waals surface area contributed by atoms with Gasteiger partial charge < -0.3 is 10.5 Å². The van der Waals surface area contributed by atoms with Gasteiger partial charge in [0.05, 0.1) is 0 Å². The van der Waals surface area contributed by atoms with Crippen LogP contribution in [0, 0.1) is 5.92 Å². The molecule has 2 N–H and O–H groups in total. The molecule has 16 heavy (non-hydrogen) atoms. The van der Waals surface area contributed by atoms with Gasteiger partial charge in [0.15, 0.2) is 0 Å². The van der Waals surface area contributed by atoms with Crippen LogP contribution in [0.5, 0.6) is 0 Å². The zero-order valence-electron chi connectivity index (χ0n) is 10.6. The standard InChI is InChI=1S/C13H26N2O/c1-2-7-15(10-12-3-4-12)13(11-14)5-8-16-9-6-13/h12H,2-11,14H2,1H3. The molecular weight excluding hydrogens is 200 g/mol. The Morgan fingerprint density at radius 3 is 2.50 bits per heavy atom. The van der Waals surface area contributed by atoms with Gasteiger partial charge in [-0.3, -0.25) is 4.90 Å². The van der Waals surface area contributed by atoms with E-state index >= 15 is 0 Å². The van der Waals surface area contributed by atoms with Crippen LogP contribution < -0.4 is 5.73 Å². The smallest absolute Gasteiger partial charge is 0.0484 e. The van der Waals surface area contributed by atoms with Gasteiger partial charge in [0.25, 0.3) is 0 Å². The maximum Gasteiger partial charge on any atom is 0.0484 e. The summed E-state index contributed by atoms with van der Waals surface area (Å²) < 4.78 is 5.49. The molecule has 1 heterocycles. The summed E-state index contributed by atoms with van der Waals surface area (Å²) in [4.78, 5) is 2.67. The molecular formula is C13H26N2O. The highest BCUT2D eigenvalue weighted by molar-refractivity contribution is 4.95. The van der Waals surface area contributed by atoms with Crippen molar-refractivity contribution in [1.82, 2.24) is 4.90 Å². The first-order valence-corrected chi connectivity index (χ1v) is 6.83. The second-order valence-corrected chi connectivity index (χ2v) is 5.43. The van der Waals surface area contributed by atoms with Crippen LogP contribution in [-0.4, -0.2) is 43.3 Å². The number of hydrogen-bond acceptors (Lipinski definition) is 3. The maximum absolute atomic E-state index is 6.07. The summed E-state index contributed by atoms with van der Waals surface area (Å²) in [6.45, 7) is 7.31. The highest BCUT2D eigenvalue weighted by atomic mass is 16.5. The van der Waals surface area contributed by atoms with E-state index in [0.29, 0.717) is 0 Å². The van der Waals surface area contributed by atoms with Crippen LogP contribution >= 0.6 is 0 Å². The van der Waals surface area contributed by atoms with Gasteiger partial charge in [0, 0.05) is 31.8 Å². The quantitative estimate of drug-likeness (QED) is 0.748. The van der Waals surface area contributed by atoms with Gasteiger partial charge in [-0.25, -0.2) is 0 Å². The van der Waals surface area contributed by atoms with E-state index in [-0.39, 0.29) is 5.54 Å². The minimum absolute atomic E-state index is 0.247. The Kier molecular flexibility index (Phi) is 4.22. The molecule has 0 radical (unpaired) electrons. The molecule has 3 heteroatoms. The summed E-state index contributed by atoms with van der Waals surface area (Å²) in [5, 5.41) is 0. The predicted molar refractivity (Wildman–Crippen MR) is 66.4 cm³/mol. The predicted octanol–water partition coefficient (Wildman–Crippen LogP) is 1.62. The molecule has 0 atom stereocenters. The first-order chi connectivity index (χ1) is 7.80. The molecule has 1 saturated heterocycles. The van der Waals surface area contributed by atoms with Crippen molar-refractivity contribution in [3.05, 3.63) is 0 Å². The van der Waals surface area contributed by atoms with Crippen molar-refractivity contribution in [1.29, 1.82) is 0 Å². The molecule has 1 aliphatic heterocycles. The lowest BCUT2D eigenvalue weighted by Crippen LogP contribution is -2.57. The second-order valence-electron chi connectivity index (χ2n) is 5.43. The molecule has 0 spiro atoms. The molecule has 0 aromatic carbocycles. The largest absolute Gasteiger partial charge is 0.381 e. The summed E-state index contributed by atoms with van der Waals surface area (Å²) in [6.07, 6.45) is 6.33. The third-order valence-corrected chi connectivity index (χ3v) is 4.14. The highest BCUT2D eigenvalue weighted by Gasteiger charge is 2.39. The van der Waals surface area contributed by atoms with Gasteiger partial charge in [-0.2, -0.15) is 0 Å². The fraction of sp³-hybridized carbons (Fsp3) is 1.00. The van der Waals surface area contributed by atoms with Gasteiger partial charge in [0.1, 0.15) is 0 Å². The molecule has 2 fully saturated rings. The van der Waals surface area contributed by atoms with Crippen molar-refractivity contribution in [2.24, 2.45) is 11.7 Å². The second kappa shape index (κ2) is 5.48. The van der Waals surface area contributed by atoms with E-state index in [4.69, 9.17) is 10.5 Å². The Bertz CT molecular complexity index is 210. The van der Waals surface area contributed by atoms with Crippen LogP contribution in [0.2, 0.25) is 0 Å². The summed E-state index contributed by atoms with van der Waals surface area (Å²) in [5.74, 6) is 0.956. The van der Waals surface area contributed by atoms with Gasteiger partial charge in [-0.05, 0) is 44.6 Å².